The lowest BCUT2D eigenvalue weighted by molar-refractivity contribution is -0.133. The van der Waals surface area contributed by atoms with Crippen LogP contribution in [0.1, 0.15) is 39.2 Å². The van der Waals surface area contributed by atoms with Crippen molar-refractivity contribution >= 4 is 12.0 Å². The molecule has 0 bridgehead atoms. The van der Waals surface area contributed by atoms with Crippen molar-refractivity contribution in [3.8, 4) is 0 Å². The molecule has 0 unspecified atom stereocenters. The molecule has 1 heterocycles. The van der Waals surface area contributed by atoms with Crippen LogP contribution in [-0.4, -0.2) is 29.0 Å². The number of nitrogens with zero attached hydrogens (tertiary/aromatic N) is 1. The molecule has 0 aromatic heterocycles. The number of imide groups is 1. The van der Waals surface area contributed by atoms with Crippen LogP contribution in [0.5, 0.6) is 0 Å². The van der Waals surface area contributed by atoms with Gasteiger partial charge >= 0.3 is 6.09 Å². The topological polar surface area (TPSA) is 46.6 Å². The number of carbonyl (C=O) groups excluding carboxylic acids is 2. The highest BCUT2D eigenvalue weighted by atomic mass is 19.1. The molecule has 2 aliphatic rings. The van der Waals surface area contributed by atoms with Gasteiger partial charge in [0.05, 0.1) is 0 Å². The first kappa shape index (κ1) is 15.9. The summed E-state index contributed by atoms with van der Waals surface area (Å²) in [5.41, 5.74) is -0.759. The fourth-order valence-corrected chi connectivity index (χ4v) is 3.30. The molecule has 1 aromatic rings. The van der Waals surface area contributed by atoms with Crippen LogP contribution in [0.15, 0.2) is 18.2 Å². The molecule has 0 spiro atoms. The third kappa shape index (κ3) is 2.94. The maximum Gasteiger partial charge on any atom is 0.417 e. The molecule has 124 valence electrons. The Labute approximate surface area is 133 Å². The smallest absolute Gasteiger partial charge is 0.417 e. The monoisotopic (exact) mass is 323 g/mol. The van der Waals surface area contributed by atoms with E-state index in [1.54, 1.807) is 20.8 Å². The molecule has 1 saturated carbocycles. The average Bonchev–Trinajstić information content (AvgIpc) is 3.09. The highest BCUT2D eigenvalue weighted by Crippen LogP contribution is 2.59. The zero-order valence-electron chi connectivity index (χ0n) is 13.4. The Morgan fingerprint density at radius 2 is 1.87 bits per heavy atom. The molecule has 2 atom stereocenters. The standard InChI is InChI=1S/C17H19F2NO3/c1-16(2,3)23-15(22)20-9-17(8-11(17)6-14(20)21)10-4-12(18)7-13(19)5-10/h4-5,7,11H,6,8-9H2,1-3H3/t11-,17-/m1/s1. The average molecular weight is 323 g/mol. The molecular formula is C17H19F2NO3. The van der Waals surface area contributed by atoms with E-state index in [9.17, 15) is 18.4 Å². The van der Waals surface area contributed by atoms with Crippen molar-refractivity contribution in [2.45, 2.75) is 44.6 Å². The van der Waals surface area contributed by atoms with E-state index in [2.05, 4.69) is 0 Å². The number of ether oxygens (including phenoxy) is 1. The number of benzene rings is 1. The molecule has 6 heteroatoms. The van der Waals surface area contributed by atoms with Gasteiger partial charge in [-0.25, -0.2) is 18.5 Å². The highest BCUT2D eigenvalue weighted by molar-refractivity contribution is 5.94. The van der Waals surface area contributed by atoms with Gasteiger partial charge in [0.2, 0.25) is 5.91 Å². The number of rotatable bonds is 1. The molecule has 0 radical (unpaired) electrons. The van der Waals surface area contributed by atoms with Crippen molar-refractivity contribution in [2.75, 3.05) is 6.54 Å². The number of hydrogen-bond donors (Lipinski definition) is 0. The molecule has 1 aromatic carbocycles. The first-order valence-corrected chi connectivity index (χ1v) is 7.61. The quantitative estimate of drug-likeness (QED) is 0.796. The van der Waals surface area contributed by atoms with E-state index < -0.39 is 28.7 Å². The highest BCUT2D eigenvalue weighted by Gasteiger charge is 2.61. The van der Waals surface area contributed by atoms with E-state index in [1.807, 2.05) is 0 Å². The molecule has 1 saturated heterocycles. The lowest BCUT2D eigenvalue weighted by Gasteiger charge is -2.33. The van der Waals surface area contributed by atoms with Crippen LogP contribution in [0.25, 0.3) is 0 Å². The number of piperidine rings is 1. The van der Waals surface area contributed by atoms with Gasteiger partial charge in [0.25, 0.3) is 0 Å². The van der Waals surface area contributed by atoms with Crippen LogP contribution in [-0.2, 0) is 14.9 Å². The maximum absolute atomic E-state index is 13.5. The zero-order valence-corrected chi connectivity index (χ0v) is 13.4. The Balaban J connectivity index is 1.86. The SMILES string of the molecule is CC(C)(C)OC(=O)N1C[C@@]2(c3cc(F)cc(F)c3)C[C@H]2CC1=O. The van der Waals surface area contributed by atoms with Gasteiger partial charge in [0, 0.05) is 24.4 Å². The van der Waals surface area contributed by atoms with Crippen molar-refractivity contribution in [3.63, 3.8) is 0 Å². The summed E-state index contributed by atoms with van der Waals surface area (Å²) in [7, 11) is 0. The minimum atomic E-state index is -0.712. The van der Waals surface area contributed by atoms with Crippen LogP contribution >= 0.6 is 0 Å². The fourth-order valence-electron chi connectivity index (χ4n) is 3.30. The van der Waals surface area contributed by atoms with Gasteiger partial charge in [-0.2, -0.15) is 0 Å². The van der Waals surface area contributed by atoms with Gasteiger partial charge in [-0.3, -0.25) is 4.79 Å². The largest absolute Gasteiger partial charge is 0.443 e. The van der Waals surface area contributed by atoms with E-state index >= 15 is 0 Å². The van der Waals surface area contributed by atoms with Gasteiger partial charge in [-0.05, 0) is 50.8 Å². The number of carbonyl (C=O) groups is 2. The second-order valence-corrected chi connectivity index (χ2v) is 7.38. The molecule has 0 N–H and O–H groups in total. The Morgan fingerprint density at radius 3 is 2.43 bits per heavy atom. The number of halogens is 2. The minimum Gasteiger partial charge on any atom is -0.443 e. The van der Waals surface area contributed by atoms with Crippen molar-refractivity contribution < 1.29 is 23.1 Å². The molecule has 2 amide bonds. The van der Waals surface area contributed by atoms with Crippen LogP contribution < -0.4 is 0 Å². The van der Waals surface area contributed by atoms with Crippen molar-refractivity contribution in [1.29, 1.82) is 0 Å². The first-order valence-electron chi connectivity index (χ1n) is 7.61. The number of hydrogen-bond acceptors (Lipinski definition) is 3. The Morgan fingerprint density at radius 1 is 1.26 bits per heavy atom. The number of likely N-dealkylation sites (tertiary alicyclic amines) is 1. The second kappa shape index (κ2) is 5.01. The zero-order chi connectivity index (χ0) is 17.0. The Kier molecular flexibility index (Phi) is 3.46. The van der Waals surface area contributed by atoms with Crippen LogP contribution in [0.2, 0.25) is 0 Å². The summed E-state index contributed by atoms with van der Waals surface area (Å²) in [5, 5.41) is 0. The number of amides is 2. The van der Waals surface area contributed by atoms with Gasteiger partial charge in [0.15, 0.2) is 0 Å². The summed E-state index contributed by atoms with van der Waals surface area (Å²) < 4.78 is 32.3. The normalized spacial score (nSPS) is 26.7. The van der Waals surface area contributed by atoms with Gasteiger partial charge in [-0.1, -0.05) is 0 Å². The lowest BCUT2D eigenvalue weighted by atomic mass is 9.88. The van der Waals surface area contributed by atoms with Crippen LogP contribution in [0.4, 0.5) is 13.6 Å². The molecular weight excluding hydrogens is 304 g/mol. The Bertz CT molecular complexity index is 663. The van der Waals surface area contributed by atoms with Crippen LogP contribution in [0.3, 0.4) is 0 Å². The summed E-state index contributed by atoms with van der Waals surface area (Å²) in [5.74, 6) is -1.58. The molecule has 1 aliphatic heterocycles. The molecule has 3 rings (SSSR count). The summed E-state index contributed by atoms with van der Waals surface area (Å²) in [6, 6.07) is 3.38. The third-order valence-corrected chi connectivity index (χ3v) is 4.45. The predicted octanol–water partition coefficient (Wildman–Crippen LogP) is 3.39. The second-order valence-electron chi connectivity index (χ2n) is 7.38. The summed E-state index contributed by atoms with van der Waals surface area (Å²) in [4.78, 5) is 25.4. The molecule has 4 nitrogen and oxygen atoms in total. The summed E-state index contributed by atoms with van der Waals surface area (Å²) >= 11 is 0. The van der Waals surface area contributed by atoms with E-state index in [0.717, 1.165) is 11.0 Å². The van der Waals surface area contributed by atoms with Gasteiger partial charge in [0.1, 0.15) is 17.2 Å². The summed E-state index contributed by atoms with van der Waals surface area (Å²) in [6.07, 6.45) is 0.127. The Hall–Kier alpha value is -1.98. The summed E-state index contributed by atoms with van der Waals surface area (Å²) in [6.45, 7) is 5.26. The van der Waals surface area contributed by atoms with E-state index in [4.69, 9.17) is 4.74 Å². The van der Waals surface area contributed by atoms with Crippen molar-refractivity contribution in [1.82, 2.24) is 4.90 Å². The first-order chi connectivity index (χ1) is 10.6. The third-order valence-electron chi connectivity index (χ3n) is 4.45. The maximum atomic E-state index is 13.5. The molecule has 23 heavy (non-hydrogen) atoms. The minimum absolute atomic E-state index is 0.0230. The van der Waals surface area contributed by atoms with E-state index in [-0.39, 0.29) is 24.8 Å². The lowest BCUT2D eigenvalue weighted by Crippen LogP contribution is -2.48. The van der Waals surface area contributed by atoms with Gasteiger partial charge in [-0.15, -0.1) is 0 Å². The van der Waals surface area contributed by atoms with E-state index in [0.29, 0.717) is 12.0 Å². The predicted molar refractivity (Wildman–Crippen MR) is 78.7 cm³/mol. The fraction of sp³-hybridized carbons (Fsp3) is 0.529. The molecule has 2 fully saturated rings. The number of fused-ring (bicyclic) bond motifs is 1. The van der Waals surface area contributed by atoms with Crippen LogP contribution in [0, 0.1) is 17.6 Å². The van der Waals surface area contributed by atoms with E-state index in [1.165, 1.54) is 12.1 Å². The van der Waals surface area contributed by atoms with Gasteiger partial charge < -0.3 is 4.74 Å². The van der Waals surface area contributed by atoms with Crippen molar-refractivity contribution in [2.24, 2.45) is 5.92 Å². The van der Waals surface area contributed by atoms with Crippen molar-refractivity contribution in [3.05, 3.63) is 35.4 Å². The molecule has 1 aliphatic carbocycles.